The van der Waals surface area contributed by atoms with E-state index in [1.165, 1.54) is 13.0 Å². The molecule has 0 bridgehead atoms. The highest BCUT2D eigenvalue weighted by atomic mass is 79.9. The fraction of sp³-hybridized carbons (Fsp3) is 0.300. The molecule has 0 aliphatic heterocycles. The van der Waals surface area contributed by atoms with Crippen molar-refractivity contribution >= 4 is 21.7 Å². The van der Waals surface area contributed by atoms with Crippen molar-refractivity contribution in [2.24, 2.45) is 0 Å². The summed E-state index contributed by atoms with van der Waals surface area (Å²) in [7, 11) is 0. The standard InChI is InChI=1S/C10H8BrF3O/c1-5-3-7(11)4-8(10(12,13)14)9(5)6(2)15/h3-4H,1-2H3. The van der Waals surface area contributed by atoms with Gasteiger partial charge >= 0.3 is 6.18 Å². The molecule has 1 rings (SSSR count). The lowest BCUT2D eigenvalue weighted by atomic mass is 9.98. The Balaban J connectivity index is 3.54. The van der Waals surface area contributed by atoms with Crippen molar-refractivity contribution in [1.82, 2.24) is 0 Å². The van der Waals surface area contributed by atoms with Crippen LogP contribution in [0.1, 0.15) is 28.4 Å². The monoisotopic (exact) mass is 280 g/mol. The highest BCUT2D eigenvalue weighted by Crippen LogP contribution is 2.35. The van der Waals surface area contributed by atoms with Crippen LogP contribution in [0.25, 0.3) is 0 Å². The molecule has 1 aromatic carbocycles. The van der Waals surface area contributed by atoms with Crippen LogP contribution in [0.4, 0.5) is 13.2 Å². The molecule has 0 saturated heterocycles. The second kappa shape index (κ2) is 3.96. The van der Waals surface area contributed by atoms with Crippen LogP contribution in [-0.4, -0.2) is 5.78 Å². The molecule has 0 atom stereocenters. The summed E-state index contributed by atoms with van der Waals surface area (Å²) in [6.07, 6.45) is -4.50. The van der Waals surface area contributed by atoms with Gasteiger partial charge in [-0.1, -0.05) is 15.9 Å². The topological polar surface area (TPSA) is 17.1 Å². The van der Waals surface area contributed by atoms with Crippen molar-refractivity contribution in [2.45, 2.75) is 20.0 Å². The molecule has 0 aliphatic carbocycles. The maximum absolute atomic E-state index is 12.6. The fourth-order valence-electron chi connectivity index (χ4n) is 1.43. The third-order valence-electron chi connectivity index (χ3n) is 1.96. The second-order valence-electron chi connectivity index (χ2n) is 3.20. The number of hydrogen-bond acceptors (Lipinski definition) is 1. The number of aryl methyl sites for hydroxylation is 1. The summed E-state index contributed by atoms with van der Waals surface area (Å²) in [6, 6.07) is 2.41. The maximum atomic E-state index is 12.6. The molecule has 0 aliphatic rings. The molecule has 1 aromatic rings. The largest absolute Gasteiger partial charge is 0.417 e. The SMILES string of the molecule is CC(=O)c1c(C)cc(Br)cc1C(F)(F)F. The van der Waals surface area contributed by atoms with Crippen molar-refractivity contribution < 1.29 is 18.0 Å². The molecule has 1 nitrogen and oxygen atoms in total. The Morgan fingerprint density at radius 1 is 1.33 bits per heavy atom. The zero-order chi connectivity index (χ0) is 11.8. The first-order chi connectivity index (χ1) is 6.73. The first-order valence-electron chi connectivity index (χ1n) is 4.11. The number of hydrogen-bond donors (Lipinski definition) is 0. The third kappa shape index (κ3) is 2.59. The average Bonchev–Trinajstić information content (AvgIpc) is 1.99. The molecule has 5 heteroatoms. The van der Waals surface area contributed by atoms with Crippen molar-refractivity contribution in [3.8, 4) is 0 Å². The molecular formula is C10H8BrF3O. The van der Waals surface area contributed by atoms with Crippen LogP contribution in [0.2, 0.25) is 0 Å². The minimum Gasteiger partial charge on any atom is -0.294 e. The molecule has 0 unspecified atom stereocenters. The molecule has 0 saturated carbocycles. The van der Waals surface area contributed by atoms with Crippen molar-refractivity contribution in [1.29, 1.82) is 0 Å². The van der Waals surface area contributed by atoms with Crippen LogP contribution in [-0.2, 0) is 6.18 Å². The van der Waals surface area contributed by atoms with E-state index >= 15 is 0 Å². The lowest BCUT2D eigenvalue weighted by Gasteiger charge is -2.13. The van der Waals surface area contributed by atoms with Gasteiger partial charge in [-0.05, 0) is 31.5 Å². The predicted octanol–water partition coefficient (Wildman–Crippen LogP) is 3.98. The summed E-state index contributed by atoms with van der Waals surface area (Å²) in [5.41, 5.74) is -0.822. The summed E-state index contributed by atoms with van der Waals surface area (Å²) in [5.74, 6) is -0.577. The van der Waals surface area contributed by atoms with E-state index in [9.17, 15) is 18.0 Å². The highest BCUT2D eigenvalue weighted by Gasteiger charge is 2.35. The number of Topliss-reactive ketones (excluding diaryl/α,β-unsaturated/α-hetero) is 1. The van der Waals surface area contributed by atoms with Crippen LogP contribution >= 0.6 is 15.9 Å². The molecule has 0 fully saturated rings. The second-order valence-corrected chi connectivity index (χ2v) is 4.11. The number of benzene rings is 1. The van der Waals surface area contributed by atoms with Crippen molar-refractivity contribution in [3.63, 3.8) is 0 Å². The van der Waals surface area contributed by atoms with Gasteiger partial charge in [-0.25, -0.2) is 0 Å². The smallest absolute Gasteiger partial charge is 0.294 e. The van der Waals surface area contributed by atoms with Gasteiger partial charge in [0.2, 0.25) is 0 Å². The van der Waals surface area contributed by atoms with Gasteiger partial charge in [0, 0.05) is 10.0 Å². The van der Waals surface area contributed by atoms with Crippen LogP contribution in [0, 0.1) is 6.92 Å². The fourth-order valence-corrected chi connectivity index (χ4v) is 2.01. The maximum Gasteiger partial charge on any atom is 0.417 e. The van der Waals surface area contributed by atoms with E-state index in [1.807, 2.05) is 0 Å². The van der Waals surface area contributed by atoms with Crippen molar-refractivity contribution in [3.05, 3.63) is 33.3 Å². The van der Waals surface area contributed by atoms with Gasteiger partial charge in [0.25, 0.3) is 0 Å². The Kier molecular flexibility index (Phi) is 3.23. The normalized spacial score (nSPS) is 11.6. The van der Waals surface area contributed by atoms with Gasteiger partial charge in [-0.15, -0.1) is 0 Å². The summed E-state index contributed by atoms with van der Waals surface area (Å²) in [6.45, 7) is 2.61. The third-order valence-corrected chi connectivity index (χ3v) is 2.42. The summed E-state index contributed by atoms with van der Waals surface area (Å²) in [4.78, 5) is 11.1. The molecule has 15 heavy (non-hydrogen) atoms. The van der Waals surface area contributed by atoms with Gasteiger partial charge in [0.05, 0.1) is 5.56 Å². The van der Waals surface area contributed by atoms with Gasteiger partial charge in [0.1, 0.15) is 0 Å². The minimum absolute atomic E-state index is 0.259. The predicted molar refractivity (Wildman–Crippen MR) is 53.9 cm³/mol. The van der Waals surface area contributed by atoms with E-state index in [1.54, 1.807) is 0 Å². The van der Waals surface area contributed by atoms with Gasteiger partial charge in [0.15, 0.2) is 5.78 Å². The molecule has 82 valence electrons. The average molecular weight is 281 g/mol. The van der Waals surface area contributed by atoms with E-state index in [4.69, 9.17) is 0 Å². The zero-order valence-electron chi connectivity index (χ0n) is 8.07. The lowest BCUT2D eigenvalue weighted by molar-refractivity contribution is -0.138. The van der Waals surface area contributed by atoms with Crippen LogP contribution in [0.3, 0.4) is 0 Å². The number of carbonyl (C=O) groups is 1. The molecular weight excluding hydrogens is 273 g/mol. The van der Waals surface area contributed by atoms with Crippen LogP contribution in [0.15, 0.2) is 16.6 Å². The summed E-state index contributed by atoms with van der Waals surface area (Å²) in [5, 5.41) is 0. The Bertz CT molecular complexity index is 410. The molecule has 0 aromatic heterocycles. The Hall–Kier alpha value is -0.840. The van der Waals surface area contributed by atoms with Crippen LogP contribution < -0.4 is 0 Å². The number of alkyl halides is 3. The number of halogens is 4. The Morgan fingerprint density at radius 3 is 2.27 bits per heavy atom. The summed E-state index contributed by atoms with van der Waals surface area (Å²) < 4.78 is 38.1. The van der Waals surface area contributed by atoms with Crippen LogP contribution in [0.5, 0.6) is 0 Å². The number of carbonyl (C=O) groups excluding carboxylic acids is 1. The molecule has 0 heterocycles. The number of ketones is 1. The Labute approximate surface area is 93.4 Å². The number of rotatable bonds is 1. The van der Waals surface area contributed by atoms with E-state index in [0.717, 1.165) is 13.0 Å². The molecule has 0 radical (unpaired) electrons. The first kappa shape index (κ1) is 12.2. The zero-order valence-corrected chi connectivity index (χ0v) is 9.66. The van der Waals surface area contributed by atoms with E-state index in [0.29, 0.717) is 10.0 Å². The summed E-state index contributed by atoms with van der Waals surface area (Å²) >= 11 is 2.98. The van der Waals surface area contributed by atoms with Gasteiger partial charge in [-0.3, -0.25) is 4.79 Å². The first-order valence-corrected chi connectivity index (χ1v) is 4.91. The Morgan fingerprint density at radius 2 is 1.87 bits per heavy atom. The highest BCUT2D eigenvalue weighted by molar-refractivity contribution is 9.10. The molecule has 0 amide bonds. The van der Waals surface area contributed by atoms with Gasteiger partial charge < -0.3 is 0 Å². The molecule has 0 N–H and O–H groups in total. The minimum atomic E-state index is -4.50. The van der Waals surface area contributed by atoms with E-state index in [2.05, 4.69) is 15.9 Å². The van der Waals surface area contributed by atoms with E-state index in [-0.39, 0.29) is 5.56 Å². The quantitative estimate of drug-likeness (QED) is 0.711. The van der Waals surface area contributed by atoms with E-state index < -0.39 is 17.5 Å². The molecule has 0 spiro atoms. The van der Waals surface area contributed by atoms with Gasteiger partial charge in [-0.2, -0.15) is 13.2 Å². The van der Waals surface area contributed by atoms with Crippen molar-refractivity contribution in [2.75, 3.05) is 0 Å². The lowest BCUT2D eigenvalue weighted by Crippen LogP contribution is -2.13.